The lowest BCUT2D eigenvalue weighted by Crippen LogP contribution is -2.44. The molecular formula is C16H21F3N2O3. The molecule has 24 heavy (non-hydrogen) atoms. The van der Waals surface area contributed by atoms with Crippen molar-refractivity contribution < 1.29 is 27.9 Å². The van der Waals surface area contributed by atoms with Crippen LogP contribution in [0.2, 0.25) is 0 Å². The Labute approximate surface area is 138 Å². The van der Waals surface area contributed by atoms with Crippen molar-refractivity contribution in [2.75, 3.05) is 11.9 Å². The summed E-state index contributed by atoms with van der Waals surface area (Å²) in [6, 6.07) is 1.43. The van der Waals surface area contributed by atoms with Crippen LogP contribution < -0.4 is 10.6 Å². The normalized spacial score (nSPS) is 13.5. The summed E-state index contributed by atoms with van der Waals surface area (Å²) in [5, 5.41) is 14.2. The number of hydrogen-bond acceptors (Lipinski definition) is 3. The predicted octanol–water partition coefficient (Wildman–Crippen LogP) is 2.35. The highest BCUT2D eigenvalue weighted by molar-refractivity contribution is 6.39. The summed E-state index contributed by atoms with van der Waals surface area (Å²) >= 11 is 0. The summed E-state index contributed by atoms with van der Waals surface area (Å²) < 4.78 is 39.3. The average Bonchev–Trinajstić information content (AvgIpc) is 2.51. The fraction of sp³-hybridized carbons (Fsp3) is 0.500. The van der Waals surface area contributed by atoms with Crippen LogP contribution in [0.1, 0.15) is 33.6 Å². The van der Waals surface area contributed by atoms with Crippen LogP contribution in [0.15, 0.2) is 12.1 Å². The highest BCUT2D eigenvalue weighted by Gasteiger charge is 2.24. The van der Waals surface area contributed by atoms with Gasteiger partial charge in [0.05, 0.1) is 11.3 Å². The van der Waals surface area contributed by atoms with E-state index in [1.807, 2.05) is 19.2 Å². The molecule has 0 aliphatic carbocycles. The van der Waals surface area contributed by atoms with Crippen molar-refractivity contribution >= 4 is 17.5 Å². The second-order valence-electron chi connectivity index (χ2n) is 6.29. The van der Waals surface area contributed by atoms with E-state index in [9.17, 15) is 27.9 Å². The van der Waals surface area contributed by atoms with Crippen molar-refractivity contribution in [3.05, 3.63) is 29.6 Å². The molecular weight excluding hydrogens is 325 g/mol. The molecule has 0 aliphatic heterocycles. The molecule has 1 aromatic carbocycles. The smallest absolute Gasteiger partial charge is 0.313 e. The molecule has 134 valence electrons. The molecule has 0 unspecified atom stereocenters. The first-order valence-corrected chi connectivity index (χ1v) is 7.48. The van der Waals surface area contributed by atoms with Crippen molar-refractivity contribution in [2.45, 2.75) is 39.2 Å². The second-order valence-corrected chi connectivity index (χ2v) is 6.29. The van der Waals surface area contributed by atoms with Gasteiger partial charge in [0.25, 0.3) is 0 Å². The number of amides is 2. The van der Waals surface area contributed by atoms with Crippen LogP contribution in [0.5, 0.6) is 0 Å². The van der Waals surface area contributed by atoms with E-state index in [1.165, 1.54) is 6.92 Å². The first-order chi connectivity index (χ1) is 11.0. The van der Waals surface area contributed by atoms with Crippen molar-refractivity contribution in [1.29, 1.82) is 0 Å². The lowest BCUT2D eigenvalue weighted by Gasteiger charge is -2.24. The van der Waals surface area contributed by atoms with Crippen LogP contribution in [-0.2, 0) is 9.59 Å². The first kappa shape index (κ1) is 20.0. The molecule has 0 radical (unpaired) electrons. The minimum Gasteiger partial charge on any atom is -0.388 e. The van der Waals surface area contributed by atoms with Crippen molar-refractivity contribution in [3.8, 4) is 0 Å². The molecule has 2 amide bonds. The molecule has 0 saturated heterocycles. The summed E-state index contributed by atoms with van der Waals surface area (Å²) in [6.07, 6.45) is 1.15. The fourth-order valence-electron chi connectivity index (χ4n) is 1.84. The second kappa shape index (κ2) is 8.14. The van der Waals surface area contributed by atoms with Crippen molar-refractivity contribution in [1.82, 2.24) is 5.32 Å². The van der Waals surface area contributed by atoms with Gasteiger partial charge >= 0.3 is 11.8 Å². The number of halogens is 3. The first-order valence-electron chi connectivity index (χ1n) is 7.48. The third-order valence-electron chi connectivity index (χ3n) is 3.38. The largest absolute Gasteiger partial charge is 0.388 e. The van der Waals surface area contributed by atoms with Gasteiger partial charge in [0.2, 0.25) is 0 Å². The highest BCUT2D eigenvalue weighted by atomic mass is 19.2. The van der Waals surface area contributed by atoms with Gasteiger partial charge in [-0.3, -0.25) is 9.59 Å². The van der Waals surface area contributed by atoms with Gasteiger partial charge in [-0.2, -0.15) is 0 Å². The standard InChI is InChI=1S/C16H21F3N2O3/c1-9(2)6-7-16(3,24)8-20-14(22)15(23)21-11-5-4-10(17)12(18)13(11)19/h4-5,9,24H,6-8H2,1-3H3,(H,20,22)(H,21,23)/t16-/m0/s1. The van der Waals surface area contributed by atoms with E-state index in [0.717, 1.165) is 12.5 Å². The third kappa shape index (κ3) is 5.84. The Kier molecular flexibility index (Phi) is 6.77. The molecule has 8 heteroatoms. The number of aliphatic hydroxyl groups is 1. The van der Waals surface area contributed by atoms with E-state index >= 15 is 0 Å². The molecule has 1 rings (SSSR count). The van der Waals surface area contributed by atoms with Gasteiger partial charge in [-0.1, -0.05) is 13.8 Å². The minimum absolute atomic E-state index is 0.174. The van der Waals surface area contributed by atoms with Gasteiger partial charge in [-0.25, -0.2) is 13.2 Å². The Hall–Kier alpha value is -2.09. The number of rotatable bonds is 6. The van der Waals surface area contributed by atoms with E-state index in [-0.39, 0.29) is 6.54 Å². The monoisotopic (exact) mass is 346 g/mol. The number of carbonyl (C=O) groups excluding carboxylic acids is 2. The fourth-order valence-corrected chi connectivity index (χ4v) is 1.84. The Morgan fingerprint density at radius 3 is 2.38 bits per heavy atom. The lowest BCUT2D eigenvalue weighted by molar-refractivity contribution is -0.136. The van der Waals surface area contributed by atoms with Crippen molar-refractivity contribution in [3.63, 3.8) is 0 Å². The zero-order chi connectivity index (χ0) is 18.5. The number of hydrogen-bond donors (Lipinski definition) is 3. The van der Waals surface area contributed by atoms with Gasteiger partial charge in [-0.15, -0.1) is 0 Å². The van der Waals surface area contributed by atoms with Crippen molar-refractivity contribution in [2.24, 2.45) is 5.92 Å². The van der Waals surface area contributed by atoms with E-state index in [2.05, 4.69) is 5.32 Å². The summed E-state index contributed by atoms with van der Waals surface area (Å²) in [5.74, 6) is -6.75. The van der Waals surface area contributed by atoms with E-state index in [4.69, 9.17) is 0 Å². The molecule has 5 nitrogen and oxygen atoms in total. The molecule has 0 bridgehead atoms. The van der Waals surface area contributed by atoms with Crippen LogP contribution in [0.25, 0.3) is 0 Å². The number of anilines is 1. The number of nitrogens with one attached hydrogen (secondary N) is 2. The Bertz CT molecular complexity index is 619. The van der Waals surface area contributed by atoms with Gasteiger partial charge < -0.3 is 15.7 Å². The van der Waals surface area contributed by atoms with Crippen LogP contribution >= 0.6 is 0 Å². The maximum Gasteiger partial charge on any atom is 0.313 e. The van der Waals surface area contributed by atoms with Crippen LogP contribution in [-0.4, -0.2) is 29.1 Å². The topological polar surface area (TPSA) is 78.4 Å². The molecule has 1 atom stereocenters. The summed E-state index contributed by atoms with van der Waals surface area (Å²) in [4.78, 5) is 23.3. The summed E-state index contributed by atoms with van der Waals surface area (Å²) in [6.45, 7) is 5.31. The average molecular weight is 346 g/mol. The molecule has 0 fully saturated rings. The molecule has 1 aromatic rings. The Morgan fingerprint density at radius 1 is 1.17 bits per heavy atom. The van der Waals surface area contributed by atoms with Crippen LogP contribution in [0.3, 0.4) is 0 Å². The minimum atomic E-state index is -1.75. The molecule has 0 heterocycles. The SMILES string of the molecule is CC(C)CC[C@](C)(O)CNC(=O)C(=O)Nc1ccc(F)c(F)c1F. The Morgan fingerprint density at radius 2 is 1.79 bits per heavy atom. The summed E-state index contributed by atoms with van der Waals surface area (Å²) in [5.41, 5.74) is -1.85. The zero-order valence-corrected chi connectivity index (χ0v) is 13.8. The molecule has 0 aromatic heterocycles. The summed E-state index contributed by atoms with van der Waals surface area (Å²) in [7, 11) is 0. The highest BCUT2D eigenvalue weighted by Crippen LogP contribution is 2.19. The Balaban J connectivity index is 2.60. The maximum absolute atomic E-state index is 13.4. The predicted molar refractivity (Wildman–Crippen MR) is 82.7 cm³/mol. The van der Waals surface area contributed by atoms with Crippen LogP contribution in [0, 0.1) is 23.4 Å². The van der Waals surface area contributed by atoms with E-state index in [1.54, 1.807) is 0 Å². The van der Waals surface area contributed by atoms with Gasteiger partial charge in [0.15, 0.2) is 17.5 Å². The van der Waals surface area contributed by atoms with Crippen LogP contribution in [0.4, 0.5) is 18.9 Å². The quantitative estimate of drug-likeness (QED) is 0.546. The van der Waals surface area contributed by atoms with E-state index < -0.39 is 40.6 Å². The number of carbonyl (C=O) groups is 2. The third-order valence-corrected chi connectivity index (χ3v) is 3.38. The van der Waals surface area contributed by atoms with Gasteiger partial charge in [0, 0.05) is 6.54 Å². The zero-order valence-electron chi connectivity index (χ0n) is 13.8. The maximum atomic E-state index is 13.4. The van der Waals surface area contributed by atoms with Gasteiger partial charge in [0.1, 0.15) is 0 Å². The molecule has 0 aliphatic rings. The van der Waals surface area contributed by atoms with Gasteiger partial charge in [-0.05, 0) is 37.8 Å². The molecule has 3 N–H and O–H groups in total. The lowest BCUT2D eigenvalue weighted by atomic mass is 9.95. The molecule has 0 spiro atoms. The number of benzene rings is 1. The van der Waals surface area contributed by atoms with E-state index in [0.29, 0.717) is 18.4 Å². The molecule has 0 saturated carbocycles.